The Morgan fingerprint density at radius 1 is 1.00 bits per heavy atom. The molecule has 4 atom stereocenters. The summed E-state index contributed by atoms with van der Waals surface area (Å²) in [5.41, 5.74) is 0.841. The van der Waals surface area contributed by atoms with Crippen LogP contribution < -0.4 is 9.64 Å². The molecule has 3 aliphatic rings. The Morgan fingerprint density at radius 2 is 1.67 bits per heavy atom. The first-order valence-electron chi connectivity index (χ1n) is 10.1. The summed E-state index contributed by atoms with van der Waals surface area (Å²) in [6.07, 6.45) is 1.66. The Hall–Kier alpha value is -3.06. The highest BCUT2D eigenvalue weighted by Crippen LogP contribution is 2.48. The van der Waals surface area contributed by atoms with Crippen molar-refractivity contribution in [3.63, 3.8) is 0 Å². The number of halogens is 1. The van der Waals surface area contributed by atoms with Crippen molar-refractivity contribution in [1.29, 1.82) is 0 Å². The molecule has 3 fully saturated rings. The van der Waals surface area contributed by atoms with Crippen molar-refractivity contribution < 1.29 is 23.5 Å². The van der Waals surface area contributed by atoms with E-state index >= 15 is 0 Å². The van der Waals surface area contributed by atoms with Crippen molar-refractivity contribution in [3.8, 4) is 5.75 Å². The Balaban J connectivity index is 1.52. The van der Waals surface area contributed by atoms with Crippen molar-refractivity contribution >= 4 is 23.3 Å². The third kappa shape index (κ3) is 2.69. The van der Waals surface area contributed by atoms with Gasteiger partial charge in [-0.05, 0) is 67.9 Å². The molecule has 5 rings (SSSR count). The number of amides is 2. The topological polar surface area (TPSA) is 66.9 Å². The fourth-order valence-electron chi connectivity index (χ4n) is 5.29. The zero-order chi connectivity index (χ0) is 21.0. The predicted molar refractivity (Wildman–Crippen MR) is 107 cm³/mol. The van der Waals surface area contributed by atoms with E-state index in [1.165, 1.54) is 29.2 Å². The molecule has 3 heterocycles. The summed E-state index contributed by atoms with van der Waals surface area (Å²) in [7, 11) is 1.55. The first-order valence-corrected chi connectivity index (χ1v) is 10.1. The maximum Gasteiger partial charge on any atom is 0.239 e. The van der Waals surface area contributed by atoms with Gasteiger partial charge in [0.25, 0.3) is 0 Å². The summed E-state index contributed by atoms with van der Waals surface area (Å²) < 4.78 is 18.5. The molecule has 2 aromatic carbocycles. The van der Waals surface area contributed by atoms with Crippen LogP contribution in [-0.4, -0.2) is 48.2 Å². The van der Waals surface area contributed by atoms with Crippen LogP contribution in [0.25, 0.3) is 0 Å². The lowest BCUT2D eigenvalue weighted by atomic mass is 9.85. The number of carbonyl (C=O) groups excluding carboxylic acids is 3. The van der Waals surface area contributed by atoms with Crippen molar-refractivity contribution in [2.45, 2.75) is 24.9 Å². The minimum Gasteiger partial charge on any atom is -0.497 e. The van der Waals surface area contributed by atoms with E-state index in [9.17, 15) is 18.8 Å². The molecule has 0 spiro atoms. The van der Waals surface area contributed by atoms with E-state index in [1.54, 1.807) is 31.4 Å². The number of nitrogens with zero attached hydrogens (tertiary/aromatic N) is 2. The van der Waals surface area contributed by atoms with Crippen molar-refractivity contribution in [1.82, 2.24) is 4.90 Å². The molecule has 0 bridgehead atoms. The zero-order valence-corrected chi connectivity index (χ0v) is 16.5. The predicted octanol–water partition coefficient (Wildman–Crippen LogP) is 2.67. The van der Waals surface area contributed by atoms with Crippen LogP contribution in [0.5, 0.6) is 5.75 Å². The number of methoxy groups -OCH3 is 1. The van der Waals surface area contributed by atoms with Gasteiger partial charge in [0.05, 0.1) is 30.7 Å². The highest BCUT2D eigenvalue weighted by atomic mass is 19.1. The van der Waals surface area contributed by atoms with Crippen LogP contribution >= 0.6 is 0 Å². The highest BCUT2D eigenvalue weighted by Gasteiger charge is 2.64. The van der Waals surface area contributed by atoms with Crippen molar-refractivity contribution in [2.24, 2.45) is 11.8 Å². The number of fused-ring (bicyclic) bond motifs is 3. The van der Waals surface area contributed by atoms with Gasteiger partial charge in [-0.15, -0.1) is 0 Å². The van der Waals surface area contributed by atoms with Crippen LogP contribution in [0.2, 0.25) is 0 Å². The van der Waals surface area contributed by atoms with Gasteiger partial charge in [-0.25, -0.2) is 9.29 Å². The van der Waals surface area contributed by atoms with Gasteiger partial charge in [0.1, 0.15) is 11.6 Å². The smallest absolute Gasteiger partial charge is 0.239 e. The molecular weight excluding hydrogens is 387 g/mol. The SMILES string of the molecule is COc1ccc(N2C(=O)[C@@H]3[C@H](C2=O)[C@@H](C(=O)c2ccc(F)cc2)N2CCC[C@@H]32)cc1. The van der Waals surface area contributed by atoms with E-state index in [0.717, 1.165) is 12.8 Å². The number of Topliss-reactive ketones (excluding diaryl/α,β-unsaturated/α-hetero) is 1. The third-order valence-electron chi connectivity index (χ3n) is 6.58. The Labute approximate surface area is 173 Å². The van der Waals surface area contributed by atoms with Crippen LogP contribution in [0, 0.1) is 17.7 Å². The lowest BCUT2D eigenvalue weighted by Crippen LogP contribution is -2.46. The number of ketones is 1. The van der Waals surface area contributed by atoms with Gasteiger partial charge in [-0.2, -0.15) is 0 Å². The Bertz CT molecular complexity index is 1020. The van der Waals surface area contributed by atoms with Crippen molar-refractivity contribution in [3.05, 3.63) is 59.9 Å². The maximum absolute atomic E-state index is 13.4. The van der Waals surface area contributed by atoms with Crippen molar-refractivity contribution in [2.75, 3.05) is 18.6 Å². The number of ether oxygens (including phenoxy) is 1. The van der Waals surface area contributed by atoms with Gasteiger partial charge in [-0.1, -0.05) is 0 Å². The molecule has 0 unspecified atom stereocenters. The van der Waals surface area contributed by atoms with Crippen LogP contribution in [0.15, 0.2) is 48.5 Å². The van der Waals surface area contributed by atoms with E-state index < -0.39 is 23.7 Å². The second-order valence-corrected chi connectivity index (χ2v) is 8.02. The second kappa shape index (κ2) is 7.02. The van der Waals surface area contributed by atoms with Gasteiger partial charge >= 0.3 is 0 Å². The molecule has 7 heteroatoms. The van der Waals surface area contributed by atoms with Gasteiger partial charge < -0.3 is 4.74 Å². The molecule has 3 saturated heterocycles. The number of hydrogen-bond donors (Lipinski definition) is 0. The molecule has 3 aliphatic heterocycles. The van der Waals surface area contributed by atoms with Gasteiger partial charge in [0, 0.05) is 11.6 Å². The van der Waals surface area contributed by atoms with Crippen LogP contribution in [0.1, 0.15) is 23.2 Å². The summed E-state index contributed by atoms with van der Waals surface area (Å²) in [4.78, 5) is 43.3. The molecule has 154 valence electrons. The minimum atomic E-state index is -0.720. The van der Waals surface area contributed by atoms with Crippen LogP contribution in [-0.2, 0) is 9.59 Å². The summed E-state index contributed by atoms with van der Waals surface area (Å²) >= 11 is 0. The lowest BCUT2D eigenvalue weighted by molar-refractivity contribution is -0.123. The summed E-state index contributed by atoms with van der Waals surface area (Å²) in [6.45, 7) is 0.679. The fraction of sp³-hybridized carbons (Fsp3) is 0.348. The number of rotatable bonds is 4. The highest BCUT2D eigenvalue weighted by molar-refractivity contribution is 6.24. The summed E-state index contributed by atoms with van der Waals surface area (Å²) in [6, 6.07) is 11.3. The maximum atomic E-state index is 13.4. The first-order chi connectivity index (χ1) is 14.5. The average molecular weight is 408 g/mol. The number of carbonyl (C=O) groups is 3. The molecular formula is C23H21FN2O4. The van der Waals surface area contributed by atoms with Gasteiger partial charge in [0.2, 0.25) is 11.8 Å². The van der Waals surface area contributed by atoms with E-state index in [2.05, 4.69) is 0 Å². The first kappa shape index (κ1) is 18.9. The third-order valence-corrected chi connectivity index (χ3v) is 6.58. The number of hydrogen-bond acceptors (Lipinski definition) is 5. The lowest BCUT2D eigenvalue weighted by Gasteiger charge is -2.27. The summed E-state index contributed by atoms with van der Waals surface area (Å²) in [5.74, 6) is -1.87. The number of anilines is 1. The largest absolute Gasteiger partial charge is 0.497 e. The van der Waals surface area contributed by atoms with Gasteiger partial charge in [0.15, 0.2) is 5.78 Å². The molecule has 0 aromatic heterocycles. The minimum absolute atomic E-state index is 0.121. The van der Waals surface area contributed by atoms with E-state index in [1.807, 2.05) is 4.90 Å². The fourth-order valence-corrected chi connectivity index (χ4v) is 5.29. The monoisotopic (exact) mass is 408 g/mol. The molecule has 2 aromatic rings. The molecule has 0 N–H and O–H groups in total. The number of imide groups is 1. The molecule has 0 radical (unpaired) electrons. The quantitative estimate of drug-likeness (QED) is 0.575. The van der Waals surface area contributed by atoms with Gasteiger partial charge in [-0.3, -0.25) is 19.3 Å². The van der Waals surface area contributed by atoms with E-state index in [4.69, 9.17) is 4.74 Å². The Morgan fingerprint density at radius 3 is 2.33 bits per heavy atom. The van der Waals surface area contributed by atoms with Crippen LogP contribution in [0.3, 0.4) is 0 Å². The zero-order valence-electron chi connectivity index (χ0n) is 16.5. The summed E-state index contributed by atoms with van der Waals surface area (Å²) in [5, 5.41) is 0. The normalized spacial score (nSPS) is 28.0. The standard InChI is InChI=1S/C23H21FN2O4/c1-30-16-10-8-15(9-11-16)26-22(28)18-17-3-2-12-25(17)20(19(18)23(26)29)21(27)13-4-6-14(24)7-5-13/h4-11,17-20H,2-3,12H2,1H3/t17-,18-,19-,20-/m0/s1. The van der Waals surface area contributed by atoms with Crippen LogP contribution in [0.4, 0.5) is 10.1 Å². The Kier molecular flexibility index (Phi) is 4.43. The van der Waals surface area contributed by atoms with E-state index in [-0.39, 0.29) is 23.6 Å². The number of benzene rings is 2. The molecule has 30 heavy (non-hydrogen) atoms. The molecule has 0 aliphatic carbocycles. The molecule has 6 nitrogen and oxygen atoms in total. The molecule has 0 saturated carbocycles. The molecule has 2 amide bonds. The van der Waals surface area contributed by atoms with E-state index in [0.29, 0.717) is 23.5 Å². The average Bonchev–Trinajstić information content (AvgIpc) is 3.40. The second-order valence-electron chi connectivity index (χ2n) is 8.02.